The number of esters is 1. The molecule has 1 aromatic carbocycles. The molecule has 3 unspecified atom stereocenters. The first-order valence-corrected chi connectivity index (χ1v) is 12.1. The second-order valence-corrected chi connectivity index (χ2v) is 9.60. The van der Waals surface area contributed by atoms with E-state index in [0.717, 1.165) is 37.5 Å². The van der Waals surface area contributed by atoms with Crippen LogP contribution >= 0.6 is 0 Å². The first-order chi connectivity index (χ1) is 15.7. The third-order valence-electron chi connectivity index (χ3n) is 5.64. The van der Waals surface area contributed by atoms with E-state index in [2.05, 4.69) is 5.32 Å². The minimum atomic E-state index is -0.598. The highest BCUT2D eigenvalue weighted by Crippen LogP contribution is 2.21. The minimum Gasteiger partial charge on any atom is -0.459 e. The molecule has 0 aliphatic carbocycles. The summed E-state index contributed by atoms with van der Waals surface area (Å²) in [7, 11) is 0. The van der Waals surface area contributed by atoms with Gasteiger partial charge in [-0.1, -0.05) is 49.6 Å². The number of hydrogen-bond donors (Lipinski definition) is 1. The van der Waals surface area contributed by atoms with Crippen molar-refractivity contribution in [3.63, 3.8) is 0 Å². The fourth-order valence-corrected chi connectivity index (χ4v) is 4.11. The Labute approximate surface area is 198 Å². The standard InChI is InChI=1S/C26H40N2O5/c1-5-32-23(17-21(19-29)20-13-9-8-10-14-20)27-22-15-11-6-7-12-16-28(25(22)31)18-24(30)33-26(2,3)4/h8-10,13-14,19,21-23,27H,5-7,11-12,15-18H2,1-4H3. The number of nitrogens with zero attached hydrogens (tertiary/aromatic N) is 1. The van der Waals surface area contributed by atoms with Crippen molar-refractivity contribution in [2.75, 3.05) is 19.7 Å². The van der Waals surface area contributed by atoms with Crippen LogP contribution in [0.3, 0.4) is 0 Å². The number of carbonyl (C=O) groups excluding carboxylic acids is 3. The summed E-state index contributed by atoms with van der Waals surface area (Å²) in [6.07, 6.45) is 5.39. The lowest BCUT2D eigenvalue weighted by Crippen LogP contribution is -2.52. The molecule has 1 amide bonds. The summed E-state index contributed by atoms with van der Waals surface area (Å²) >= 11 is 0. The van der Waals surface area contributed by atoms with Crippen LogP contribution in [0, 0.1) is 0 Å². The van der Waals surface area contributed by atoms with Gasteiger partial charge in [0.15, 0.2) is 0 Å². The van der Waals surface area contributed by atoms with Gasteiger partial charge >= 0.3 is 5.97 Å². The van der Waals surface area contributed by atoms with Gasteiger partial charge in [-0.3, -0.25) is 14.9 Å². The second kappa shape index (κ2) is 13.5. The number of nitrogens with one attached hydrogen (secondary N) is 1. The van der Waals surface area contributed by atoms with Crippen LogP contribution in [0.1, 0.15) is 77.7 Å². The van der Waals surface area contributed by atoms with E-state index in [1.807, 2.05) is 58.0 Å². The lowest BCUT2D eigenvalue weighted by Gasteiger charge is -2.31. The van der Waals surface area contributed by atoms with Gasteiger partial charge in [0.1, 0.15) is 24.7 Å². The quantitative estimate of drug-likeness (QED) is 0.325. The summed E-state index contributed by atoms with van der Waals surface area (Å²) in [6, 6.07) is 9.10. The topological polar surface area (TPSA) is 84.9 Å². The van der Waals surface area contributed by atoms with Crippen LogP contribution < -0.4 is 5.32 Å². The Morgan fingerprint density at radius 1 is 1.18 bits per heavy atom. The van der Waals surface area contributed by atoms with E-state index in [4.69, 9.17) is 9.47 Å². The van der Waals surface area contributed by atoms with Gasteiger partial charge in [-0.25, -0.2) is 0 Å². The van der Waals surface area contributed by atoms with Crippen LogP contribution in [0.2, 0.25) is 0 Å². The molecule has 1 aliphatic heterocycles. The van der Waals surface area contributed by atoms with Crippen molar-refractivity contribution in [2.45, 2.75) is 90.0 Å². The molecule has 1 aromatic rings. The molecule has 7 nitrogen and oxygen atoms in total. The molecule has 3 atom stereocenters. The molecule has 2 rings (SSSR count). The maximum Gasteiger partial charge on any atom is 0.326 e. The summed E-state index contributed by atoms with van der Waals surface area (Å²) < 4.78 is 11.3. The van der Waals surface area contributed by atoms with Crippen molar-refractivity contribution in [3.05, 3.63) is 35.9 Å². The lowest BCUT2D eigenvalue weighted by atomic mass is 9.96. The molecule has 0 aromatic heterocycles. The highest BCUT2D eigenvalue weighted by atomic mass is 16.6. The normalized spacial score (nSPS) is 19.7. The van der Waals surface area contributed by atoms with E-state index in [-0.39, 0.29) is 18.4 Å². The van der Waals surface area contributed by atoms with Crippen LogP contribution in [0.25, 0.3) is 0 Å². The Morgan fingerprint density at radius 3 is 2.52 bits per heavy atom. The van der Waals surface area contributed by atoms with E-state index in [1.54, 1.807) is 4.90 Å². The van der Waals surface area contributed by atoms with Crippen molar-refractivity contribution in [1.29, 1.82) is 0 Å². The molecule has 0 bridgehead atoms. The Balaban J connectivity index is 2.13. The molecule has 7 heteroatoms. The number of ether oxygens (including phenoxy) is 2. The van der Waals surface area contributed by atoms with Crippen molar-refractivity contribution in [2.24, 2.45) is 0 Å². The van der Waals surface area contributed by atoms with Crippen molar-refractivity contribution in [3.8, 4) is 0 Å². The zero-order valence-electron chi connectivity index (χ0n) is 20.5. The summed E-state index contributed by atoms with van der Waals surface area (Å²) in [5.74, 6) is -0.852. The number of benzene rings is 1. The van der Waals surface area contributed by atoms with Gasteiger partial charge in [0.05, 0.1) is 6.04 Å². The first-order valence-electron chi connectivity index (χ1n) is 12.1. The molecular weight excluding hydrogens is 420 g/mol. The summed E-state index contributed by atoms with van der Waals surface area (Å²) in [6.45, 7) is 8.27. The van der Waals surface area contributed by atoms with Gasteiger partial charge in [0.2, 0.25) is 5.91 Å². The van der Waals surface area contributed by atoms with Crippen LogP contribution in [-0.2, 0) is 23.9 Å². The maximum absolute atomic E-state index is 13.4. The van der Waals surface area contributed by atoms with Crippen molar-refractivity contribution in [1.82, 2.24) is 10.2 Å². The molecule has 0 saturated carbocycles. The second-order valence-electron chi connectivity index (χ2n) is 9.60. The summed E-state index contributed by atoms with van der Waals surface area (Å²) in [5.41, 5.74) is 0.324. The van der Waals surface area contributed by atoms with Crippen LogP contribution in [0.15, 0.2) is 30.3 Å². The SMILES string of the molecule is CCOC(CC(C=O)c1ccccc1)NC1CCCCCCN(CC(=O)OC(C)(C)C)C1=O. The van der Waals surface area contributed by atoms with E-state index in [9.17, 15) is 14.4 Å². The number of carbonyl (C=O) groups is 3. The molecule has 0 radical (unpaired) electrons. The Kier molecular flexibility index (Phi) is 11.0. The Hall–Kier alpha value is -2.25. The molecule has 1 N–H and O–H groups in total. The van der Waals surface area contributed by atoms with Crippen LogP contribution in [-0.4, -0.2) is 60.6 Å². The minimum absolute atomic E-state index is 0.0609. The third-order valence-corrected chi connectivity index (χ3v) is 5.64. The van der Waals surface area contributed by atoms with E-state index in [0.29, 0.717) is 26.0 Å². The van der Waals surface area contributed by atoms with Crippen molar-refractivity contribution < 1.29 is 23.9 Å². The first kappa shape index (κ1) is 27.0. The van der Waals surface area contributed by atoms with Gasteiger partial charge in [0.25, 0.3) is 0 Å². The van der Waals surface area contributed by atoms with Gasteiger partial charge in [-0.05, 0) is 46.1 Å². The predicted molar refractivity (Wildman–Crippen MR) is 128 cm³/mol. The molecule has 1 heterocycles. The molecule has 1 aliphatic rings. The molecule has 184 valence electrons. The largest absolute Gasteiger partial charge is 0.459 e. The highest BCUT2D eigenvalue weighted by molar-refractivity contribution is 5.86. The van der Waals surface area contributed by atoms with Gasteiger partial charge in [-0.2, -0.15) is 0 Å². The van der Waals surface area contributed by atoms with Crippen molar-refractivity contribution >= 4 is 18.2 Å². The van der Waals surface area contributed by atoms with Gasteiger partial charge in [0, 0.05) is 25.5 Å². The molecule has 1 fully saturated rings. The fraction of sp³-hybridized carbons (Fsp3) is 0.654. The van der Waals surface area contributed by atoms with E-state index >= 15 is 0 Å². The molecule has 0 spiro atoms. The summed E-state index contributed by atoms with van der Waals surface area (Å²) in [5, 5.41) is 3.36. The number of hydrogen-bond acceptors (Lipinski definition) is 6. The van der Waals surface area contributed by atoms with E-state index in [1.165, 1.54) is 0 Å². The zero-order valence-corrected chi connectivity index (χ0v) is 20.5. The Bertz CT molecular complexity index is 747. The zero-order chi connectivity index (χ0) is 24.3. The average molecular weight is 461 g/mol. The number of aldehydes is 1. The smallest absolute Gasteiger partial charge is 0.326 e. The molecular formula is C26H40N2O5. The van der Waals surface area contributed by atoms with Gasteiger partial charge < -0.3 is 19.2 Å². The molecule has 33 heavy (non-hydrogen) atoms. The van der Waals surface area contributed by atoms with Gasteiger partial charge in [-0.15, -0.1) is 0 Å². The Morgan fingerprint density at radius 2 is 1.88 bits per heavy atom. The monoisotopic (exact) mass is 460 g/mol. The highest BCUT2D eigenvalue weighted by Gasteiger charge is 2.31. The summed E-state index contributed by atoms with van der Waals surface area (Å²) in [4.78, 5) is 39.3. The van der Waals surface area contributed by atoms with Crippen LogP contribution in [0.4, 0.5) is 0 Å². The molecule has 1 saturated heterocycles. The third kappa shape index (κ3) is 9.64. The average Bonchev–Trinajstić information content (AvgIpc) is 2.83. The van der Waals surface area contributed by atoms with Crippen LogP contribution in [0.5, 0.6) is 0 Å². The predicted octanol–water partition coefficient (Wildman–Crippen LogP) is 3.81. The van der Waals surface area contributed by atoms with E-state index < -0.39 is 23.8 Å². The number of amides is 1. The lowest BCUT2D eigenvalue weighted by molar-refractivity contribution is -0.159. The fourth-order valence-electron chi connectivity index (χ4n) is 4.11. The maximum atomic E-state index is 13.4. The number of rotatable bonds is 10.